The van der Waals surface area contributed by atoms with Crippen molar-refractivity contribution in [1.29, 1.82) is 0 Å². The second kappa shape index (κ2) is 6.30. The third kappa shape index (κ3) is 4.60. The van der Waals surface area contributed by atoms with Crippen LogP contribution < -0.4 is 5.32 Å². The minimum atomic E-state index is -4.24. The fourth-order valence-electron chi connectivity index (χ4n) is 2.05. The zero-order valence-electron chi connectivity index (χ0n) is 11.9. The number of hydrogen-bond donors (Lipinski definition) is 1. The highest BCUT2D eigenvalue weighted by Crippen LogP contribution is 2.29. The minimum Gasteiger partial charge on any atom is -0.444 e. The SMILES string of the molecule is Cc1nc(CNC(CC(F)(F)F)c2ccccc2)oc1C. The van der Waals surface area contributed by atoms with Gasteiger partial charge in [-0.1, -0.05) is 30.3 Å². The van der Waals surface area contributed by atoms with Crippen molar-refractivity contribution in [3.8, 4) is 0 Å². The Morgan fingerprint density at radius 1 is 1.19 bits per heavy atom. The molecule has 0 aliphatic carbocycles. The monoisotopic (exact) mass is 298 g/mol. The molecular formula is C15H17F3N2O. The molecule has 0 radical (unpaired) electrons. The quantitative estimate of drug-likeness (QED) is 0.904. The van der Waals surface area contributed by atoms with Crippen molar-refractivity contribution in [2.75, 3.05) is 0 Å². The van der Waals surface area contributed by atoms with Crippen molar-refractivity contribution in [2.45, 2.75) is 39.0 Å². The van der Waals surface area contributed by atoms with Crippen LogP contribution in [0.15, 0.2) is 34.7 Å². The van der Waals surface area contributed by atoms with Gasteiger partial charge in [-0.15, -0.1) is 0 Å². The van der Waals surface area contributed by atoms with E-state index < -0.39 is 18.6 Å². The lowest BCUT2D eigenvalue weighted by Gasteiger charge is -2.20. The van der Waals surface area contributed by atoms with E-state index >= 15 is 0 Å². The van der Waals surface area contributed by atoms with Gasteiger partial charge in [0.05, 0.1) is 18.7 Å². The van der Waals surface area contributed by atoms with Crippen LogP contribution in [0.3, 0.4) is 0 Å². The van der Waals surface area contributed by atoms with Gasteiger partial charge < -0.3 is 9.73 Å². The highest BCUT2D eigenvalue weighted by molar-refractivity contribution is 5.19. The van der Waals surface area contributed by atoms with Gasteiger partial charge >= 0.3 is 6.18 Å². The number of oxazole rings is 1. The lowest BCUT2D eigenvalue weighted by Crippen LogP contribution is -2.26. The summed E-state index contributed by atoms with van der Waals surface area (Å²) in [5.74, 6) is 1.08. The zero-order chi connectivity index (χ0) is 15.5. The summed E-state index contributed by atoms with van der Waals surface area (Å²) in [6, 6.07) is 7.75. The molecule has 0 fully saturated rings. The lowest BCUT2D eigenvalue weighted by molar-refractivity contribution is -0.140. The molecule has 21 heavy (non-hydrogen) atoms. The highest BCUT2D eigenvalue weighted by atomic mass is 19.4. The summed E-state index contributed by atoms with van der Waals surface area (Å²) in [5, 5.41) is 2.87. The van der Waals surface area contributed by atoms with Crippen LogP contribution >= 0.6 is 0 Å². The Bertz CT molecular complexity index is 559. The number of hydrogen-bond acceptors (Lipinski definition) is 3. The Morgan fingerprint density at radius 2 is 1.86 bits per heavy atom. The van der Waals surface area contributed by atoms with E-state index in [4.69, 9.17) is 4.42 Å². The molecule has 1 heterocycles. The summed E-state index contributed by atoms with van der Waals surface area (Å²) in [7, 11) is 0. The topological polar surface area (TPSA) is 38.1 Å². The third-order valence-corrected chi connectivity index (χ3v) is 3.21. The number of aromatic nitrogens is 1. The Morgan fingerprint density at radius 3 is 2.38 bits per heavy atom. The first kappa shape index (κ1) is 15.6. The average molecular weight is 298 g/mol. The zero-order valence-corrected chi connectivity index (χ0v) is 11.9. The summed E-state index contributed by atoms with van der Waals surface area (Å²) in [4.78, 5) is 4.16. The van der Waals surface area contributed by atoms with E-state index in [-0.39, 0.29) is 6.54 Å². The number of nitrogens with zero attached hydrogens (tertiary/aromatic N) is 1. The van der Waals surface area contributed by atoms with Gasteiger partial charge in [-0.2, -0.15) is 13.2 Å². The molecule has 0 saturated carbocycles. The van der Waals surface area contributed by atoms with Crippen molar-refractivity contribution in [2.24, 2.45) is 0 Å². The first-order valence-electron chi connectivity index (χ1n) is 6.63. The fraction of sp³-hybridized carbons (Fsp3) is 0.400. The van der Waals surface area contributed by atoms with Crippen molar-refractivity contribution in [3.63, 3.8) is 0 Å². The molecule has 0 saturated heterocycles. The lowest BCUT2D eigenvalue weighted by atomic mass is 10.0. The second-order valence-electron chi connectivity index (χ2n) is 4.91. The number of nitrogens with one attached hydrogen (secondary N) is 1. The fourth-order valence-corrected chi connectivity index (χ4v) is 2.05. The maximum absolute atomic E-state index is 12.7. The molecule has 1 aromatic heterocycles. The number of aryl methyl sites for hydroxylation is 2. The molecule has 0 bridgehead atoms. The largest absolute Gasteiger partial charge is 0.444 e. The molecule has 6 heteroatoms. The first-order valence-corrected chi connectivity index (χ1v) is 6.63. The van der Waals surface area contributed by atoms with Crippen LogP contribution in [-0.4, -0.2) is 11.2 Å². The van der Waals surface area contributed by atoms with Gasteiger partial charge in [0.1, 0.15) is 5.76 Å². The Kier molecular flexibility index (Phi) is 4.67. The molecular weight excluding hydrogens is 281 g/mol. The van der Waals surface area contributed by atoms with Crippen molar-refractivity contribution >= 4 is 0 Å². The van der Waals surface area contributed by atoms with E-state index in [9.17, 15) is 13.2 Å². The molecule has 114 valence electrons. The van der Waals surface area contributed by atoms with Gasteiger partial charge in [-0.3, -0.25) is 0 Å². The maximum Gasteiger partial charge on any atom is 0.390 e. The van der Waals surface area contributed by atoms with Gasteiger partial charge in [-0.05, 0) is 19.4 Å². The maximum atomic E-state index is 12.7. The number of rotatable bonds is 5. The Balaban J connectivity index is 2.09. The number of halogens is 3. The molecule has 1 N–H and O–H groups in total. The first-order chi connectivity index (χ1) is 9.85. The summed E-state index contributed by atoms with van der Waals surface area (Å²) in [6.07, 6.45) is -5.17. The smallest absolute Gasteiger partial charge is 0.390 e. The van der Waals surface area contributed by atoms with E-state index in [0.29, 0.717) is 17.2 Å². The van der Waals surface area contributed by atoms with Crippen LogP contribution in [0, 0.1) is 13.8 Å². The van der Waals surface area contributed by atoms with Crippen LogP contribution in [0.2, 0.25) is 0 Å². The predicted octanol–water partition coefficient (Wildman–Crippen LogP) is 4.07. The molecule has 2 rings (SSSR count). The van der Waals surface area contributed by atoms with Crippen LogP contribution in [0.25, 0.3) is 0 Å². The minimum absolute atomic E-state index is 0.157. The molecule has 3 nitrogen and oxygen atoms in total. The molecule has 0 amide bonds. The van der Waals surface area contributed by atoms with Crippen LogP contribution in [0.1, 0.15) is 35.4 Å². The molecule has 1 aromatic carbocycles. The molecule has 2 aromatic rings. The van der Waals surface area contributed by atoms with Crippen molar-refractivity contribution < 1.29 is 17.6 Å². The highest BCUT2D eigenvalue weighted by Gasteiger charge is 2.32. The molecule has 0 spiro atoms. The van der Waals surface area contributed by atoms with Gasteiger partial charge in [0.15, 0.2) is 0 Å². The molecule has 1 atom stereocenters. The summed E-state index contributed by atoms with van der Waals surface area (Å²) in [5.41, 5.74) is 1.34. The molecule has 0 aliphatic heterocycles. The normalized spacial score (nSPS) is 13.4. The molecule has 1 unspecified atom stereocenters. The van der Waals surface area contributed by atoms with E-state index in [1.165, 1.54) is 0 Å². The van der Waals surface area contributed by atoms with Crippen LogP contribution in [-0.2, 0) is 6.54 Å². The van der Waals surface area contributed by atoms with E-state index in [1.54, 1.807) is 44.2 Å². The second-order valence-corrected chi connectivity index (χ2v) is 4.91. The Hall–Kier alpha value is -1.82. The molecule has 0 aliphatic rings. The van der Waals surface area contributed by atoms with Crippen molar-refractivity contribution in [1.82, 2.24) is 10.3 Å². The summed E-state index contributed by atoms with van der Waals surface area (Å²) in [6.45, 7) is 3.73. The van der Waals surface area contributed by atoms with Crippen molar-refractivity contribution in [3.05, 3.63) is 53.2 Å². The standard InChI is InChI=1S/C15H17F3N2O/c1-10-11(2)21-14(20-10)9-19-13(8-15(16,17)18)12-6-4-3-5-7-12/h3-7,13,19H,8-9H2,1-2H3. The van der Waals surface area contributed by atoms with Gasteiger partial charge in [0.2, 0.25) is 5.89 Å². The van der Waals surface area contributed by atoms with E-state index in [2.05, 4.69) is 10.3 Å². The van der Waals surface area contributed by atoms with Gasteiger partial charge in [0, 0.05) is 6.04 Å². The van der Waals surface area contributed by atoms with E-state index in [1.807, 2.05) is 0 Å². The number of alkyl halides is 3. The average Bonchev–Trinajstić information content (AvgIpc) is 2.73. The Labute approximate surface area is 121 Å². The summed E-state index contributed by atoms with van der Waals surface area (Å²) < 4.78 is 43.5. The van der Waals surface area contributed by atoms with Crippen LogP contribution in [0.5, 0.6) is 0 Å². The number of benzene rings is 1. The van der Waals surface area contributed by atoms with Gasteiger partial charge in [-0.25, -0.2) is 4.98 Å². The van der Waals surface area contributed by atoms with Crippen LogP contribution in [0.4, 0.5) is 13.2 Å². The van der Waals surface area contributed by atoms with Gasteiger partial charge in [0.25, 0.3) is 0 Å². The predicted molar refractivity (Wildman–Crippen MR) is 72.7 cm³/mol. The van der Waals surface area contributed by atoms with E-state index in [0.717, 1.165) is 5.69 Å². The third-order valence-electron chi connectivity index (χ3n) is 3.21. The summed E-state index contributed by atoms with van der Waals surface area (Å²) >= 11 is 0.